The zero-order chi connectivity index (χ0) is 20.2. The molecule has 0 unspecified atom stereocenters. The molecule has 2 nitrogen and oxygen atoms in total. The van der Waals surface area contributed by atoms with E-state index in [1.54, 1.807) is 12.3 Å². The Balaban J connectivity index is 1.63. The van der Waals surface area contributed by atoms with Gasteiger partial charge in [0.15, 0.2) is 0 Å². The van der Waals surface area contributed by atoms with Gasteiger partial charge in [-0.15, -0.1) is 0 Å². The van der Waals surface area contributed by atoms with E-state index in [2.05, 4.69) is 30.1 Å². The Morgan fingerprint density at radius 2 is 1.73 bits per heavy atom. The molecule has 0 spiro atoms. The van der Waals surface area contributed by atoms with Gasteiger partial charge in [-0.2, -0.15) is 0 Å². The molecule has 0 N–H and O–H groups in total. The van der Waals surface area contributed by atoms with Gasteiger partial charge in [-0.05, 0) is 61.1 Å². The van der Waals surface area contributed by atoms with Crippen LogP contribution in [0.3, 0.4) is 0 Å². The first-order chi connectivity index (χ1) is 14.7. The maximum atomic E-state index is 15.5. The van der Waals surface area contributed by atoms with Crippen molar-refractivity contribution in [2.45, 2.75) is 38.5 Å². The Bertz CT molecular complexity index is 1430. The maximum Gasteiger partial charge on any atom is 0.144 e. The molecule has 1 aliphatic carbocycles. The molecule has 30 heavy (non-hydrogen) atoms. The molecule has 1 fully saturated rings. The number of hydrogen-bond donors (Lipinski definition) is 0. The zero-order valence-corrected chi connectivity index (χ0v) is 16.9. The smallest absolute Gasteiger partial charge is 0.144 e. The van der Waals surface area contributed by atoms with Crippen LogP contribution in [-0.4, -0.2) is 4.98 Å². The van der Waals surface area contributed by atoms with E-state index in [-0.39, 0.29) is 5.82 Å². The van der Waals surface area contributed by atoms with Crippen LogP contribution in [0, 0.1) is 12.7 Å². The van der Waals surface area contributed by atoms with E-state index in [0.29, 0.717) is 11.3 Å². The molecule has 6 rings (SSSR count). The SMILES string of the molecule is Cc1cc(-c2nccc3c(F)c(C4CCCC4)ccc23)c2oc3ccccc3c2c1. The molecule has 0 aliphatic heterocycles. The Morgan fingerprint density at radius 3 is 2.60 bits per heavy atom. The minimum absolute atomic E-state index is 0.0865. The molecule has 148 valence electrons. The summed E-state index contributed by atoms with van der Waals surface area (Å²) in [7, 11) is 0. The minimum Gasteiger partial charge on any atom is -0.455 e. The van der Waals surface area contributed by atoms with Crippen LogP contribution in [0.2, 0.25) is 0 Å². The summed E-state index contributed by atoms with van der Waals surface area (Å²) in [5.41, 5.74) is 5.34. The number of aryl methyl sites for hydroxylation is 1. The number of furan rings is 1. The zero-order valence-electron chi connectivity index (χ0n) is 16.9. The van der Waals surface area contributed by atoms with Crippen molar-refractivity contribution < 1.29 is 8.81 Å². The molecule has 0 saturated heterocycles. The van der Waals surface area contributed by atoms with Crippen LogP contribution in [0.15, 0.2) is 65.2 Å². The Kier molecular flexibility index (Phi) is 3.92. The molecule has 0 bridgehead atoms. The van der Waals surface area contributed by atoms with Gasteiger partial charge >= 0.3 is 0 Å². The number of pyridine rings is 1. The lowest BCUT2D eigenvalue weighted by Crippen LogP contribution is -1.99. The number of fused-ring (bicyclic) bond motifs is 4. The van der Waals surface area contributed by atoms with Gasteiger partial charge < -0.3 is 4.42 Å². The highest BCUT2D eigenvalue weighted by atomic mass is 19.1. The lowest BCUT2D eigenvalue weighted by Gasteiger charge is -2.14. The summed E-state index contributed by atoms with van der Waals surface area (Å²) in [5, 5.41) is 3.65. The van der Waals surface area contributed by atoms with E-state index in [4.69, 9.17) is 4.42 Å². The van der Waals surface area contributed by atoms with E-state index in [1.807, 2.05) is 30.3 Å². The lowest BCUT2D eigenvalue weighted by atomic mass is 9.92. The standard InChI is InChI=1S/C27H22FNO/c1-16-14-22-19-8-4-5-9-24(19)30-27(22)23(15-16)26-21-11-10-18(17-6-2-3-7-17)25(28)20(21)12-13-29-26/h4-5,8-15,17H,2-3,6-7H2,1H3. The highest BCUT2D eigenvalue weighted by Crippen LogP contribution is 2.41. The van der Waals surface area contributed by atoms with Gasteiger partial charge in [-0.1, -0.05) is 43.2 Å². The summed E-state index contributed by atoms with van der Waals surface area (Å²) in [4.78, 5) is 4.68. The fourth-order valence-electron chi connectivity index (χ4n) is 5.15. The first-order valence-corrected chi connectivity index (χ1v) is 10.7. The van der Waals surface area contributed by atoms with Crippen molar-refractivity contribution in [2.75, 3.05) is 0 Å². The fraction of sp³-hybridized carbons (Fsp3) is 0.222. The first kappa shape index (κ1) is 17.6. The normalized spacial score (nSPS) is 15.0. The van der Waals surface area contributed by atoms with Gasteiger partial charge in [0, 0.05) is 33.3 Å². The van der Waals surface area contributed by atoms with E-state index < -0.39 is 0 Å². The van der Waals surface area contributed by atoms with Crippen LogP contribution >= 0.6 is 0 Å². The molecular formula is C27H22FNO. The monoisotopic (exact) mass is 395 g/mol. The average Bonchev–Trinajstić information content (AvgIpc) is 3.42. The molecule has 5 aromatic rings. The average molecular weight is 395 g/mol. The first-order valence-electron chi connectivity index (χ1n) is 10.7. The number of hydrogen-bond acceptors (Lipinski definition) is 2. The second-order valence-electron chi connectivity index (χ2n) is 8.49. The fourth-order valence-corrected chi connectivity index (χ4v) is 5.15. The van der Waals surface area contributed by atoms with Crippen molar-refractivity contribution >= 4 is 32.7 Å². The number of rotatable bonds is 2. The van der Waals surface area contributed by atoms with E-state index >= 15 is 4.39 Å². The third-order valence-corrected chi connectivity index (χ3v) is 6.58. The van der Waals surface area contributed by atoms with Crippen LogP contribution in [-0.2, 0) is 0 Å². The topological polar surface area (TPSA) is 26.0 Å². The van der Waals surface area contributed by atoms with Gasteiger partial charge in [-0.25, -0.2) is 4.39 Å². The van der Waals surface area contributed by atoms with Crippen LogP contribution in [0.5, 0.6) is 0 Å². The van der Waals surface area contributed by atoms with Gasteiger partial charge in [0.25, 0.3) is 0 Å². The van der Waals surface area contributed by atoms with Crippen LogP contribution in [0.4, 0.5) is 4.39 Å². The second-order valence-corrected chi connectivity index (χ2v) is 8.49. The van der Waals surface area contributed by atoms with E-state index in [0.717, 1.165) is 62.6 Å². The Hall–Kier alpha value is -3.20. The molecule has 2 heterocycles. The van der Waals surface area contributed by atoms with Gasteiger partial charge in [-0.3, -0.25) is 4.98 Å². The molecule has 1 saturated carbocycles. The van der Waals surface area contributed by atoms with Gasteiger partial charge in [0.1, 0.15) is 17.0 Å². The number of para-hydroxylation sites is 1. The summed E-state index contributed by atoms with van der Waals surface area (Å²) in [6.07, 6.45) is 6.26. The number of benzene rings is 3. The number of nitrogens with zero attached hydrogens (tertiary/aromatic N) is 1. The molecule has 3 aromatic carbocycles. The summed E-state index contributed by atoms with van der Waals surface area (Å²) in [6.45, 7) is 2.08. The third kappa shape index (κ3) is 2.58. The number of halogens is 1. The van der Waals surface area contributed by atoms with Crippen LogP contribution in [0.1, 0.15) is 42.7 Å². The Labute approximate surface area is 174 Å². The minimum atomic E-state index is -0.0865. The molecule has 1 aliphatic rings. The van der Waals surface area contributed by atoms with Gasteiger partial charge in [0.2, 0.25) is 0 Å². The van der Waals surface area contributed by atoms with E-state index in [9.17, 15) is 0 Å². The van der Waals surface area contributed by atoms with Crippen LogP contribution in [0.25, 0.3) is 44.0 Å². The third-order valence-electron chi connectivity index (χ3n) is 6.58. The van der Waals surface area contributed by atoms with Crippen molar-refractivity contribution in [1.29, 1.82) is 0 Å². The summed E-state index contributed by atoms with van der Waals surface area (Å²) < 4.78 is 21.8. The molecule has 3 heteroatoms. The molecular weight excluding hydrogens is 373 g/mol. The second kappa shape index (κ2) is 6.66. The largest absolute Gasteiger partial charge is 0.455 e. The highest BCUT2D eigenvalue weighted by Gasteiger charge is 2.23. The maximum absolute atomic E-state index is 15.5. The van der Waals surface area contributed by atoms with Crippen molar-refractivity contribution in [3.8, 4) is 11.3 Å². The molecule has 2 aromatic heterocycles. The quantitative estimate of drug-likeness (QED) is 0.303. The highest BCUT2D eigenvalue weighted by molar-refractivity contribution is 6.11. The summed E-state index contributed by atoms with van der Waals surface area (Å²) in [5.74, 6) is 0.253. The van der Waals surface area contributed by atoms with E-state index in [1.165, 1.54) is 12.8 Å². The van der Waals surface area contributed by atoms with Crippen molar-refractivity contribution in [1.82, 2.24) is 4.98 Å². The molecule has 0 radical (unpaired) electrons. The van der Waals surface area contributed by atoms with Crippen molar-refractivity contribution in [2.24, 2.45) is 0 Å². The Morgan fingerprint density at radius 1 is 0.900 bits per heavy atom. The van der Waals surface area contributed by atoms with Crippen LogP contribution < -0.4 is 0 Å². The summed E-state index contributed by atoms with van der Waals surface area (Å²) >= 11 is 0. The predicted molar refractivity (Wildman–Crippen MR) is 120 cm³/mol. The number of aromatic nitrogens is 1. The van der Waals surface area contributed by atoms with Crippen molar-refractivity contribution in [3.63, 3.8) is 0 Å². The predicted octanol–water partition coefficient (Wildman–Crippen LogP) is 7.91. The van der Waals surface area contributed by atoms with Gasteiger partial charge in [0.05, 0.1) is 5.69 Å². The van der Waals surface area contributed by atoms with Crippen molar-refractivity contribution in [3.05, 3.63) is 77.7 Å². The molecule has 0 atom stereocenters. The molecule has 0 amide bonds. The lowest BCUT2D eigenvalue weighted by molar-refractivity contribution is 0.590. The summed E-state index contributed by atoms with van der Waals surface area (Å²) in [6, 6.07) is 18.1.